The lowest BCUT2D eigenvalue weighted by Gasteiger charge is -2.37. The summed E-state index contributed by atoms with van der Waals surface area (Å²) in [5.74, 6) is 0.877. The van der Waals surface area contributed by atoms with Crippen LogP contribution in [0.4, 0.5) is 5.82 Å². The van der Waals surface area contributed by atoms with Gasteiger partial charge in [-0.2, -0.15) is 0 Å². The molecule has 0 spiro atoms. The van der Waals surface area contributed by atoms with Gasteiger partial charge in [-0.05, 0) is 25.5 Å². The Morgan fingerprint density at radius 3 is 2.60 bits per heavy atom. The molecule has 1 aromatic rings. The second-order valence-corrected chi connectivity index (χ2v) is 5.85. The second kappa shape index (κ2) is 7.25. The Balaban J connectivity index is 1.92. The molecule has 112 valence electrons. The van der Waals surface area contributed by atoms with Gasteiger partial charge in [-0.1, -0.05) is 18.5 Å². The first-order valence-corrected chi connectivity index (χ1v) is 7.81. The molecule has 20 heavy (non-hydrogen) atoms. The van der Waals surface area contributed by atoms with Gasteiger partial charge in [0.25, 0.3) is 0 Å². The molecule has 2 heterocycles. The van der Waals surface area contributed by atoms with Crippen LogP contribution in [0.2, 0.25) is 5.02 Å². The summed E-state index contributed by atoms with van der Waals surface area (Å²) in [5, 5.41) is 3.82. The Morgan fingerprint density at radius 2 is 2.00 bits per heavy atom. The zero-order valence-electron chi connectivity index (χ0n) is 12.7. The molecule has 0 amide bonds. The Morgan fingerprint density at radius 1 is 1.30 bits per heavy atom. The quantitative estimate of drug-likeness (QED) is 0.905. The maximum absolute atomic E-state index is 6.25. The van der Waals surface area contributed by atoms with E-state index in [0.29, 0.717) is 6.04 Å². The van der Waals surface area contributed by atoms with Crippen molar-refractivity contribution in [1.82, 2.24) is 14.8 Å². The standard InChI is InChI=1S/C15H25ClN4/c1-4-12(2)20-9-7-19(8-10-20)11-14-13(16)5-6-15(17-3)18-14/h5-6,12H,4,7-11H2,1-3H3,(H,17,18). The number of nitrogens with one attached hydrogen (secondary N) is 1. The molecule has 1 fully saturated rings. The van der Waals surface area contributed by atoms with E-state index in [2.05, 4.69) is 33.9 Å². The van der Waals surface area contributed by atoms with Crippen LogP contribution in [0.15, 0.2) is 12.1 Å². The van der Waals surface area contributed by atoms with E-state index in [-0.39, 0.29) is 0 Å². The number of hydrogen-bond acceptors (Lipinski definition) is 4. The fourth-order valence-electron chi connectivity index (χ4n) is 2.57. The average molecular weight is 297 g/mol. The van der Waals surface area contributed by atoms with E-state index in [1.54, 1.807) is 0 Å². The van der Waals surface area contributed by atoms with Crippen LogP contribution in [-0.2, 0) is 6.54 Å². The topological polar surface area (TPSA) is 31.4 Å². The first kappa shape index (κ1) is 15.5. The molecule has 0 saturated carbocycles. The van der Waals surface area contributed by atoms with Crippen molar-refractivity contribution in [2.75, 3.05) is 38.5 Å². The molecular formula is C15H25ClN4. The summed E-state index contributed by atoms with van der Waals surface area (Å²) >= 11 is 6.25. The number of aromatic nitrogens is 1. The van der Waals surface area contributed by atoms with Crippen molar-refractivity contribution in [3.63, 3.8) is 0 Å². The van der Waals surface area contributed by atoms with Crippen LogP contribution in [0.5, 0.6) is 0 Å². The van der Waals surface area contributed by atoms with Crippen molar-refractivity contribution < 1.29 is 0 Å². The molecule has 1 aromatic heterocycles. The second-order valence-electron chi connectivity index (χ2n) is 5.44. The summed E-state index contributed by atoms with van der Waals surface area (Å²) in [7, 11) is 1.88. The predicted molar refractivity (Wildman–Crippen MR) is 85.4 cm³/mol. The molecular weight excluding hydrogens is 272 g/mol. The molecule has 0 aliphatic carbocycles. The van der Waals surface area contributed by atoms with Crippen LogP contribution in [0.1, 0.15) is 26.0 Å². The van der Waals surface area contributed by atoms with E-state index in [4.69, 9.17) is 11.6 Å². The molecule has 2 rings (SSSR count). The zero-order chi connectivity index (χ0) is 14.5. The van der Waals surface area contributed by atoms with Crippen molar-refractivity contribution in [3.05, 3.63) is 22.8 Å². The van der Waals surface area contributed by atoms with Crippen molar-refractivity contribution in [2.24, 2.45) is 0 Å². The van der Waals surface area contributed by atoms with Gasteiger partial charge in [0.1, 0.15) is 5.82 Å². The molecule has 4 nitrogen and oxygen atoms in total. The molecule has 1 aliphatic heterocycles. The van der Waals surface area contributed by atoms with E-state index in [9.17, 15) is 0 Å². The van der Waals surface area contributed by atoms with Crippen LogP contribution in [-0.4, -0.2) is 54.1 Å². The van der Waals surface area contributed by atoms with Gasteiger partial charge < -0.3 is 5.32 Å². The number of halogens is 1. The highest BCUT2D eigenvalue weighted by molar-refractivity contribution is 6.31. The molecule has 1 saturated heterocycles. The Bertz CT molecular complexity index is 430. The first-order chi connectivity index (χ1) is 9.63. The Labute approximate surface area is 127 Å². The van der Waals surface area contributed by atoms with Gasteiger partial charge in [0.15, 0.2) is 0 Å². The molecule has 1 unspecified atom stereocenters. The lowest BCUT2D eigenvalue weighted by molar-refractivity contribution is 0.0956. The van der Waals surface area contributed by atoms with Crippen LogP contribution in [0.25, 0.3) is 0 Å². The molecule has 0 aromatic carbocycles. The molecule has 1 aliphatic rings. The van der Waals surface area contributed by atoms with Crippen LogP contribution in [0, 0.1) is 0 Å². The van der Waals surface area contributed by atoms with E-state index < -0.39 is 0 Å². The van der Waals surface area contributed by atoms with Gasteiger partial charge in [0.2, 0.25) is 0 Å². The van der Waals surface area contributed by atoms with Crippen LogP contribution in [0.3, 0.4) is 0 Å². The molecule has 1 atom stereocenters. The molecule has 5 heteroatoms. The lowest BCUT2D eigenvalue weighted by Crippen LogP contribution is -2.49. The number of piperazine rings is 1. The van der Waals surface area contributed by atoms with Crippen molar-refractivity contribution in [1.29, 1.82) is 0 Å². The SMILES string of the molecule is CCC(C)N1CCN(Cc2nc(NC)ccc2Cl)CC1. The number of hydrogen-bond donors (Lipinski definition) is 1. The number of nitrogens with zero attached hydrogens (tertiary/aromatic N) is 3. The number of rotatable bonds is 5. The fraction of sp³-hybridized carbons (Fsp3) is 0.667. The van der Waals surface area contributed by atoms with Gasteiger partial charge in [0, 0.05) is 45.8 Å². The largest absolute Gasteiger partial charge is 0.373 e. The summed E-state index contributed by atoms with van der Waals surface area (Å²) in [4.78, 5) is 9.56. The third-order valence-electron chi connectivity index (χ3n) is 4.17. The Kier molecular flexibility index (Phi) is 5.64. The smallest absolute Gasteiger partial charge is 0.126 e. The first-order valence-electron chi connectivity index (χ1n) is 7.43. The normalized spacial score (nSPS) is 19.0. The Hall–Kier alpha value is -0.840. The van der Waals surface area contributed by atoms with E-state index in [0.717, 1.165) is 49.3 Å². The van der Waals surface area contributed by atoms with Gasteiger partial charge in [-0.15, -0.1) is 0 Å². The van der Waals surface area contributed by atoms with Crippen LogP contribution < -0.4 is 5.32 Å². The lowest BCUT2D eigenvalue weighted by atomic mass is 10.2. The van der Waals surface area contributed by atoms with Gasteiger partial charge >= 0.3 is 0 Å². The minimum Gasteiger partial charge on any atom is -0.373 e. The third-order valence-corrected chi connectivity index (χ3v) is 4.51. The fourth-order valence-corrected chi connectivity index (χ4v) is 2.73. The monoisotopic (exact) mass is 296 g/mol. The minimum atomic E-state index is 0.687. The summed E-state index contributed by atoms with van der Waals surface area (Å²) in [6.45, 7) is 9.85. The minimum absolute atomic E-state index is 0.687. The maximum Gasteiger partial charge on any atom is 0.126 e. The number of pyridine rings is 1. The highest BCUT2D eigenvalue weighted by atomic mass is 35.5. The average Bonchev–Trinajstić information content (AvgIpc) is 2.49. The molecule has 0 bridgehead atoms. The predicted octanol–water partition coefficient (Wildman–Crippen LogP) is 2.69. The van der Waals surface area contributed by atoms with Crippen LogP contribution >= 0.6 is 11.6 Å². The van der Waals surface area contributed by atoms with E-state index in [1.807, 2.05) is 19.2 Å². The van der Waals surface area contributed by atoms with Gasteiger partial charge in [-0.3, -0.25) is 9.80 Å². The van der Waals surface area contributed by atoms with Crippen molar-refractivity contribution in [3.8, 4) is 0 Å². The summed E-state index contributed by atoms with van der Waals surface area (Å²) in [6.07, 6.45) is 1.22. The molecule has 0 radical (unpaired) electrons. The maximum atomic E-state index is 6.25. The van der Waals surface area contributed by atoms with Gasteiger partial charge in [0.05, 0.1) is 10.7 Å². The zero-order valence-corrected chi connectivity index (χ0v) is 13.5. The van der Waals surface area contributed by atoms with Crippen molar-refractivity contribution >= 4 is 17.4 Å². The van der Waals surface area contributed by atoms with Crippen molar-refractivity contribution in [2.45, 2.75) is 32.9 Å². The molecule has 1 N–H and O–H groups in total. The van der Waals surface area contributed by atoms with E-state index >= 15 is 0 Å². The van der Waals surface area contributed by atoms with E-state index in [1.165, 1.54) is 6.42 Å². The summed E-state index contributed by atoms with van der Waals surface area (Å²) < 4.78 is 0. The third kappa shape index (κ3) is 3.84. The summed E-state index contributed by atoms with van der Waals surface area (Å²) in [5.41, 5.74) is 0.968. The number of anilines is 1. The highest BCUT2D eigenvalue weighted by Crippen LogP contribution is 2.19. The summed E-state index contributed by atoms with van der Waals surface area (Å²) in [6, 6.07) is 4.52. The van der Waals surface area contributed by atoms with Gasteiger partial charge in [-0.25, -0.2) is 4.98 Å². The highest BCUT2D eigenvalue weighted by Gasteiger charge is 2.21.